The van der Waals surface area contributed by atoms with Crippen LogP contribution in [0.3, 0.4) is 0 Å². The van der Waals surface area contributed by atoms with Gasteiger partial charge in [0.2, 0.25) is 0 Å². The Bertz CT molecular complexity index is 784. The Hall–Kier alpha value is -1.50. The van der Waals surface area contributed by atoms with Crippen LogP contribution in [-0.2, 0) is 10.0 Å². The summed E-state index contributed by atoms with van der Waals surface area (Å²) in [7, 11) is -3.94. The van der Waals surface area contributed by atoms with Crippen LogP contribution in [0.5, 0.6) is 0 Å². The highest BCUT2D eigenvalue weighted by atomic mass is 35.5. The highest BCUT2D eigenvalue weighted by molar-refractivity contribution is 7.93. The molecule has 8 heteroatoms. The van der Waals surface area contributed by atoms with Crippen molar-refractivity contribution >= 4 is 44.6 Å². The summed E-state index contributed by atoms with van der Waals surface area (Å²) in [6.45, 7) is 3.52. The van der Waals surface area contributed by atoms with Gasteiger partial charge in [0.25, 0.3) is 10.0 Å². The zero-order chi connectivity index (χ0) is 15.8. The Morgan fingerprint density at radius 2 is 1.71 bits per heavy atom. The van der Waals surface area contributed by atoms with Crippen molar-refractivity contribution in [3.05, 3.63) is 45.7 Å². The second kappa shape index (κ2) is 5.71. The lowest BCUT2D eigenvalue weighted by molar-refractivity contribution is 0.601. The minimum Gasteiger partial charge on any atom is -0.399 e. The molecule has 0 amide bonds. The first-order chi connectivity index (χ1) is 9.70. The summed E-state index contributed by atoms with van der Waals surface area (Å²) >= 11 is 11.9. The third-order valence-electron chi connectivity index (χ3n) is 2.76. The van der Waals surface area contributed by atoms with Gasteiger partial charge in [-0.3, -0.25) is 9.71 Å². The smallest absolute Gasteiger partial charge is 0.264 e. The third-order valence-corrected chi connectivity index (χ3v) is 5.04. The van der Waals surface area contributed by atoms with Crippen molar-refractivity contribution in [1.29, 1.82) is 0 Å². The van der Waals surface area contributed by atoms with E-state index in [-0.39, 0.29) is 20.6 Å². The maximum Gasteiger partial charge on any atom is 0.264 e. The molecule has 0 aliphatic heterocycles. The van der Waals surface area contributed by atoms with Gasteiger partial charge in [0.15, 0.2) is 0 Å². The van der Waals surface area contributed by atoms with Crippen molar-refractivity contribution in [1.82, 2.24) is 4.98 Å². The number of aryl methyl sites for hydroxylation is 2. The molecule has 0 unspecified atom stereocenters. The van der Waals surface area contributed by atoms with E-state index in [0.717, 1.165) is 5.69 Å². The Kier molecular flexibility index (Phi) is 4.32. The number of hydrogen-bond acceptors (Lipinski definition) is 4. The molecule has 0 saturated carbocycles. The number of nitrogens with two attached hydrogens (primary N) is 1. The average molecular weight is 346 g/mol. The Labute approximate surface area is 133 Å². The molecule has 1 heterocycles. The van der Waals surface area contributed by atoms with E-state index in [2.05, 4.69) is 9.71 Å². The molecule has 21 heavy (non-hydrogen) atoms. The van der Waals surface area contributed by atoms with E-state index in [0.29, 0.717) is 11.4 Å². The molecule has 0 aliphatic carbocycles. The highest BCUT2D eigenvalue weighted by Crippen LogP contribution is 2.33. The first kappa shape index (κ1) is 15.9. The quantitative estimate of drug-likeness (QED) is 0.835. The summed E-state index contributed by atoms with van der Waals surface area (Å²) in [5, 5.41) is -0.0737. The topological polar surface area (TPSA) is 85.1 Å². The van der Waals surface area contributed by atoms with Crippen LogP contribution in [0.25, 0.3) is 0 Å². The number of pyridine rings is 1. The normalized spacial score (nSPS) is 11.4. The van der Waals surface area contributed by atoms with Gasteiger partial charge in [-0.05, 0) is 38.1 Å². The SMILES string of the molecule is Cc1ccc(NS(=O)(=O)c2c(Cl)cc(N)cc2Cl)c(C)n1. The number of nitrogen functional groups attached to an aromatic ring is 1. The van der Waals surface area contributed by atoms with Crippen molar-refractivity contribution in [2.24, 2.45) is 0 Å². The Morgan fingerprint density at radius 1 is 1.14 bits per heavy atom. The molecular weight excluding hydrogens is 333 g/mol. The summed E-state index contributed by atoms with van der Waals surface area (Å²) in [5.74, 6) is 0. The van der Waals surface area contributed by atoms with Gasteiger partial charge >= 0.3 is 0 Å². The number of nitrogens with zero attached hydrogens (tertiary/aromatic N) is 1. The monoisotopic (exact) mass is 345 g/mol. The summed E-state index contributed by atoms with van der Waals surface area (Å²) < 4.78 is 27.3. The second-order valence-corrected chi connectivity index (χ2v) is 6.94. The first-order valence-electron chi connectivity index (χ1n) is 5.92. The molecule has 0 atom stereocenters. The largest absolute Gasteiger partial charge is 0.399 e. The molecule has 1 aromatic heterocycles. The summed E-state index contributed by atoms with van der Waals surface area (Å²) in [4.78, 5) is 3.99. The fourth-order valence-electron chi connectivity index (χ4n) is 1.83. The van der Waals surface area contributed by atoms with E-state index in [1.54, 1.807) is 19.1 Å². The van der Waals surface area contributed by atoms with Crippen LogP contribution in [0.15, 0.2) is 29.2 Å². The number of aromatic nitrogens is 1. The van der Waals surface area contributed by atoms with Gasteiger partial charge in [-0.15, -0.1) is 0 Å². The first-order valence-corrected chi connectivity index (χ1v) is 8.16. The van der Waals surface area contributed by atoms with Crippen LogP contribution >= 0.6 is 23.2 Å². The number of benzene rings is 1. The fraction of sp³-hybridized carbons (Fsp3) is 0.154. The molecule has 0 fully saturated rings. The summed E-state index contributed by atoms with van der Waals surface area (Å²) in [6, 6.07) is 6.01. The lowest BCUT2D eigenvalue weighted by Crippen LogP contribution is -2.15. The van der Waals surface area contributed by atoms with Gasteiger partial charge in [-0.2, -0.15) is 0 Å². The summed E-state index contributed by atoms with van der Waals surface area (Å²) in [6.07, 6.45) is 0. The predicted octanol–water partition coefficient (Wildman–Crippen LogP) is 3.39. The van der Waals surface area contributed by atoms with E-state index >= 15 is 0 Å². The van der Waals surface area contributed by atoms with Crippen LogP contribution in [0.2, 0.25) is 10.0 Å². The van der Waals surface area contributed by atoms with E-state index in [1.807, 2.05) is 6.92 Å². The standard InChI is InChI=1S/C13H13Cl2N3O2S/c1-7-3-4-12(8(2)17-7)18-21(19,20)13-10(14)5-9(16)6-11(13)15/h3-6,18H,16H2,1-2H3. The van der Waals surface area contributed by atoms with E-state index < -0.39 is 10.0 Å². The van der Waals surface area contributed by atoms with Gasteiger partial charge in [-0.25, -0.2) is 8.42 Å². The van der Waals surface area contributed by atoms with Crippen molar-refractivity contribution < 1.29 is 8.42 Å². The Balaban J connectivity index is 2.48. The molecule has 0 spiro atoms. The Morgan fingerprint density at radius 3 is 2.24 bits per heavy atom. The lowest BCUT2D eigenvalue weighted by atomic mass is 10.3. The molecule has 0 bridgehead atoms. The molecule has 0 radical (unpaired) electrons. The predicted molar refractivity (Wildman–Crippen MR) is 85.4 cm³/mol. The number of sulfonamides is 1. The lowest BCUT2D eigenvalue weighted by Gasteiger charge is -2.13. The zero-order valence-electron chi connectivity index (χ0n) is 11.3. The molecule has 2 rings (SSSR count). The van der Waals surface area contributed by atoms with Crippen LogP contribution < -0.4 is 10.5 Å². The van der Waals surface area contributed by atoms with Gasteiger partial charge in [0.1, 0.15) is 4.90 Å². The highest BCUT2D eigenvalue weighted by Gasteiger charge is 2.23. The van der Waals surface area contributed by atoms with Gasteiger partial charge in [-0.1, -0.05) is 23.2 Å². The number of nitrogens with one attached hydrogen (secondary N) is 1. The average Bonchev–Trinajstić information content (AvgIpc) is 2.30. The molecular formula is C13H13Cl2N3O2S. The molecule has 0 aliphatic rings. The summed E-state index contributed by atoms with van der Waals surface area (Å²) in [5.41, 5.74) is 7.57. The van der Waals surface area contributed by atoms with Gasteiger partial charge < -0.3 is 5.73 Å². The van der Waals surface area contributed by atoms with E-state index in [1.165, 1.54) is 12.1 Å². The van der Waals surface area contributed by atoms with Crippen molar-refractivity contribution in [3.8, 4) is 0 Å². The van der Waals surface area contributed by atoms with Crippen molar-refractivity contribution in [2.45, 2.75) is 18.7 Å². The number of anilines is 2. The molecule has 3 N–H and O–H groups in total. The van der Waals surface area contributed by atoms with Gasteiger partial charge in [0.05, 0.1) is 21.4 Å². The van der Waals surface area contributed by atoms with Crippen LogP contribution in [-0.4, -0.2) is 13.4 Å². The van der Waals surface area contributed by atoms with E-state index in [9.17, 15) is 8.42 Å². The molecule has 112 valence electrons. The van der Waals surface area contributed by atoms with E-state index in [4.69, 9.17) is 28.9 Å². The third kappa shape index (κ3) is 3.40. The number of hydrogen-bond donors (Lipinski definition) is 2. The van der Waals surface area contributed by atoms with Crippen molar-refractivity contribution in [2.75, 3.05) is 10.5 Å². The molecule has 2 aromatic rings. The minimum absolute atomic E-state index is 0.0368. The zero-order valence-corrected chi connectivity index (χ0v) is 13.6. The van der Waals surface area contributed by atoms with Crippen LogP contribution in [0.4, 0.5) is 11.4 Å². The van der Waals surface area contributed by atoms with Gasteiger partial charge in [0, 0.05) is 11.4 Å². The molecule has 5 nitrogen and oxygen atoms in total. The second-order valence-electron chi connectivity index (χ2n) is 4.50. The minimum atomic E-state index is -3.94. The maximum absolute atomic E-state index is 12.4. The molecule has 1 aromatic carbocycles. The van der Waals surface area contributed by atoms with Crippen molar-refractivity contribution in [3.63, 3.8) is 0 Å². The van der Waals surface area contributed by atoms with Crippen LogP contribution in [0.1, 0.15) is 11.4 Å². The van der Waals surface area contributed by atoms with Crippen LogP contribution in [0, 0.1) is 13.8 Å². The maximum atomic E-state index is 12.4. The number of rotatable bonds is 3. The fourth-order valence-corrected chi connectivity index (χ4v) is 4.18. The number of halogens is 2. The molecule has 0 saturated heterocycles.